The molecule has 0 aromatic carbocycles. The van der Waals surface area contributed by atoms with Gasteiger partial charge in [-0.05, 0) is 32.6 Å². The standard InChI is InChI=1S/C26H44N7O9P/c1-14(2)9-39-23(35)16(5)31-43(37,32-17(6)24(36)40-10-15(3)4)42-11-18-20(34)26(7,12-41-18)33-13-28-19-21(33)29-25(27)30-22(19)38-8/h13-18,20,34H,9-12H2,1-8H3,(H2,27,29,30)(H2,31,32,37)/t16-,17-,18+,20+,26?/m0/s1. The number of aromatic nitrogens is 4. The summed E-state index contributed by atoms with van der Waals surface area (Å²) in [7, 11) is -2.71. The molecule has 1 aliphatic rings. The fourth-order valence-electron chi connectivity index (χ4n) is 4.26. The highest BCUT2D eigenvalue weighted by Crippen LogP contribution is 2.42. The number of carbonyl (C=O) groups excluding carboxylic acids is 2. The van der Waals surface area contributed by atoms with E-state index in [-0.39, 0.29) is 50.1 Å². The summed E-state index contributed by atoms with van der Waals surface area (Å²) in [6.45, 7) is 12.2. The Hall–Kier alpha value is -2.88. The normalized spacial score (nSPS) is 22.2. The van der Waals surface area contributed by atoms with Crippen molar-refractivity contribution in [3.05, 3.63) is 6.33 Å². The first-order chi connectivity index (χ1) is 20.1. The molecular weight excluding hydrogens is 585 g/mol. The minimum absolute atomic E-state index is 0.0148. The van der Waals surface area contributed by atoms with Gasteiger partial charge in [0.25, 0.3) is 0 Å². The van der Waals surface area contributed by atoms with Gasteiger partial charge < -0.3 is 38.9 Å². The maximum atomic E-state index is 14.0. The Labute approximate surface area is 250 Å². The van der Waals surface area contributed by atoms with E-state index in [4.69, 9.17) is 29.2 Å². The molecule has 0 amide bonds. The Morgan fingerprint density at radius 2 is 1.67 bits per heavy atom. The van der Waals surface area contributed by atoms with Crippen LogP contribution in [0.3, 0.4) is 0 Å². The maximum absolute atomic E-state index is 14.0. The van der Waals surface area contributed by atoms with Crippen LogP contribution in [0.2, 0.25) is 0 Å². The molecule has 3 rings (SSSR count). The van der Waals surface area contributed by atoms with Crippen LogP contribution >= 0.6 is 7.67 Å². The third-order valence-electron chi connectivity index (χ3n) is 6.68. The van der Waals surface area contributed by atoms with E-state index in [0.717, 1.165) is 0 Å². The molecule has 1 aliphatic heterocycles. The Morgan fingerprint density at radius 1 is 1.12 bits per heavy atom. The first-order valence-corrected chi connectivity index (χ1v) is 15.7. The number of ether oxygens (including phenoxy) is 4. The molecule has 1 fully saturated rings. The lowest BCUT2D eigenvalue weighted by molar-refractivity contribution is -0.146. The van der Waals surface area contributed by atoms with E-state index in [1.165, 1.54) is 27.3 Å². The molecule has 43 heavy (non-hydrogen) atoms. The van der Waals surface area contributed by atoms with Crippen LogP contribution in [0.1, 0.15) is 48.5 Å². The number of imidazole rings is 1. The van der Waals surface area contributed by atoms with E-state index in [9.17, 15) is 19.3 Å². The predicted molar refractivity (Wildman–Crippen MR) is 156 cm³/mol. The van der Waals surface area contributed by atoms with Crippen LogP contribution in [0.15, 0.2) is 6.33 Å². The molecule has 1 saturated heterocycles. The minimum atomic E-state index is -4.14. The van der Waals surface area contributed by atoms with Crippen LogP contribution in [0.5, 0.6) is 5.88 Å². The zero-order valence-electron chi connectivity index (χ0n) is 25.9. The van der Waals surface area contributed by atoms with Crippen molar-refractivity contribution in [3.63, 3.8) is 0 Å². The van der Waals surface area contributed by atoms with Crippen LogP contribution in [0.25, 0.3) is 11.2 Å². The average Bonchev–Trinajstić information content (AvgIpc) is 3.49. The van der Waals surface area contributed by atoms with Crippen molar-refractivity contribution in [3.8, 4) is 5.88 Å². The van der Waals surface area contributed by atoms with E-state index in [1.54, 1.807) is 11.5 Å². The van der Waals surface area contributed by atoms with Crippen molar-refractivity contribution in [2.75, 3.05) is 39.3 Å². The van der Waals surface area contributed by atoms with Crippen molar-refractivity contribution in [2.45, 2.75) is 78.3 Å². The second-order valence-electron chi connectivity index (χ2n) is 11.6. The number of nitrogens with zero attached hydrogens (tertiary/aromatic N) is 4. The van der Waals surface area contributed by atoms with E-state index < -0.39 is 49.4 Å². The Kier molecular flexibility index (Phi) is 11.5. The summed E-state index contributed by atoms with van der Waals surface area (Å²) in [6, 6.07) is -2.12. The number of nitrogens with one attached hydrogen (secondary N) is 2. The average molecular weight is 630 g/mol. The van der Waals surface area contributed by atoms with E-state index in [1.807, 2.05) is 27.7 Å². The number of aliphatic hydroxyl groups excluding tert-OH is 1. The van der Waals surface area contributed by atoms with Crippen LogP contribution in [-0.2, 0) is 38.4 Å². The van der Waals surface area contributed by atoms with E-state index >= 15 is 0 Å². The number of anilines is 1. The number of nitrogens with two attached hydrogens (primary N) is 1. The number of hydrogen-bond donors (Lipinski definition) is 4. The molecule has 16 nitrogen and oxygen atoms in total. The van der Waals surface area contributed by atoms with Gasteiger partial charge in [0, 0.05) is 0 Å². The van der Waals surface area contributed by atoms with Gasteiger partial charge in [-0.25, -0.2) is 15.2 Å². The first kappa shape index (κ1) is 34.6. The van der Waals surface area contributed by atoms with Crippen LogP contribution in [0, 0.1) is 11.8 Å². The molecule has 0 aliphatic carbocycles. The fraction of sp³-hybridized carbons (Fsp3) is 0.731. The molecule has 0 spiro atoms. The highest BCUT2D eigenvalue weighted by Gasteiger charge is 2.49. The number of methoxy groups -OCH3 is 1. The fourth-order valence-corrected chi connectivity index (χ4v) is 6.07. The summed E-state index contributed by atoms with van der Waals surface area (Å²) in [4.78, 5) is 37.7. The topological polar surface area (TPSA) is 211 Å². The summed E-state index contributed by atoms with van der Waals surface area (Å²) in [5.41, 5.74) is 5.44. The molecule has 2 aromatic rings. The summed E-state index contributed by atoms with van der Waals surface area (Å²) in [6.07, 6.45) is -0.686. The molecule has 0 saturated carbocycles. The van der Waals surface area contributed by atoms with Gasteiger partial charge in [-0.15, -0.1) is 0 Å². The Morgan fingerprint density at radius 3 is 2.19 bits per heavy atom. The number of aliphatic hydroxyl groups is 1. The smallest absolute Gasteiger partial charge is 0.342 e. The summed E-state index contributed by atoms with van der Waals surface area (Å²) in [5, 5.41) is 16.7. The van der Waals surface area contributed by atoms with Crippen molar-refractivity contribution in [1.82, 2.24) is 29.7 Å². The maximum Gasteiger partial charge on any atom is 0.342 e. The molecule has 242 valence electrons. The zero-order valence-corrected chi connectivity index (χ0v) is 26.8. The van der Waals surface area contributed by atoms with Gasteiger partial charge in [0.2, 0.25) is 11.8 Å². The van der Waals surface area contributed by atoms with Gasteiger partial charge in [0.05, 0.1) is 45.4 Å². The Balaban J connectivity index is 1.78. The van der Waals surface area contributed by atoms with Crippen LogP contribution in [-0.4, -0.2) is 94.4 Å². The van der Waals surface area contributed by atoms with Gasteiger partial charge in [-0.1, -0.05) is 27.7 Å². The van der Waals surface area contributed by atoms with Gasteiger partial charge in [-0.2, -0.15) is 9.97 Å². The lowest BCUT2D eigenvalue weighted by atomic mass is 9.94. The predicted octanol–water partition coefficient (Wildman–Crippen LogP) is 1.37. The molecule has 0 radical (unpaired) electrons. The van der Waals surface area contributed by atoms with Crippen molar-refractivity contribution in [2.24, 2.45) is 11.8 Å². The summed E-state index contributed by atoms with van der Waals surface area (Å²) >= 11 is 0. The van der Waals surface area contributed by atoms with Gasteiger partial charge in [-0.3, -0.25) is 14.2 Å². The summed E-state index contributed by atoms with van der Waals surface area (Å²) in [5.74, 6) is -0.966. The lowest BCUT2D eigenvalue weighted by Gasteiger charge is -2.30. The molecule has 5 N–H and O–H groups in total. The quantitative estimate of drug-likeness (QED) is 0.162. The zero-order chi connectivity index (χ0) is 32.1. The van der Waals surface area contributed by atoms with Gasteiger partial charge >= 0.3 is 19.6 Å². The molecule has 2 aromatic heterocycles. The number of rotatable bonds is 15. The lowest BCUT2D eigenvalue weighted by Crippen LogP contribution is -2.46. The number of hydrogen-bond acceptors (Lipinski definition) is 13. The molecule has 1 unspecified atom stereocenters. The monoisotopic (exact) mass is 629 g/mol. The van der Waals surface area contributed by atoms with Gasteiger partial charge in [0.15, 0.2) is 11.2 Å². The molecule has 0 bridgehead atoms. The van der Waals surface area contributed by atoms with Crippen molar-refractivity contribution >= 4 is 36.7 Å². The number of nitrogen functional groups attached to an aromatic ring is 1. The third-order valence-corrected chi connectivity index (χ3v) is 8.64. The largest absolute Gasteiger partial charge is 0.479 e. The number of carbonyl (C=O) groups is 2. The molecule has 5 atom stereocenters. The minimum Gasteiger partial charge on any atom is -0.479 e. The first-order valence-electron chi connectivity index (χ1n) is 14.1. The van der Waals surface area contributed by atoms with Crippen molar-refractivity contribution < 1.29 is 42.7 Å². The molecular formula is C26H44N7O9P. The van der Waals surface area contributed by atoms with E-state index in [2.05, 4.69) is 25.1 Å². The Bertz CT molecular complexity index is 1290. The van der Waals surface area contributed by atoms with Gasteiger partial charge in [0.1, 0.15) is 24.3 Å². The number of fused-ring (bicyclic) bond motifs is 1. The second-order valence-corrected chi connectivity index (χ2v) is 13.5. The summed E-state index contributed by atoms with van der Waals surface area (Å²) < 4.78 is 43.0. The van der Waals surface area contributed by atoms with Crippen molar-refractivity contribution in [1.29, 1.82) is 0 Å². The van der Waals surface area contributed by atoms with Crippen LogP contribution in [0.4, 0.5) is 5.95 Å². The molecule has 3 heterocycles. The highest BCUT2D eigenvalue weighted by atomic mass is 31.2. The van der Waals surface area contributed by atoms with E-state index in [0.29, 0.717) is 11.2 Å². The molecule has 17 heteroatoms. The third kappa shape index (κ3) is 8.40. The SMILES string of the molecule is COc1nc(N)nc2c1ncn2C1(C)CO[C@H](COP(=O)(N[C@@H](C)C(=O)OCC(C)C)N[C@@H](C)C(=O)OCC(C)C)[C@H]1O. The number of esters is 2. The van der Waals surface area contributed by atoms with Crippen LogP contribution < -0.4 is 20.6 Å². The second kappa shape index (κ2) is 14.3. The highest BCUT2D eigenvalue weighted by molar-refractivity contribution is 7.54.